The first kappa shape index (κ1) is 12.7. The first-order chi connectivity index (χ1) is 7.75. The van der Waals surface area contributed by atoms with E-state index in [4.69, 9.17) is 0 Å². The van der Waals surface area contributed by atoms with E-state index in [1.54, 1.807) is 11.1 Å². The minimum absolute atomic E-state index is 0.302. The fourth-order valence-corrected chi connectivity index (χ4v) is 3.96. The highest BCUT2D eigenvalue weighted by molar-refractivity contribution is 5.52. The molecule has 0 saturated heterocycles. The van der Waals surface area contributed by atoms with E-state index >= 15 is 0 Å². The Morgan fingerprint density at radius 2 is 1.71 bits per heavy atom. The van der Waals surface area contributed by atoms with Gasteiger partial charge in [-0.1, -0.05) is 52.3 Å². The lowest BCUT2D eigenvalue weighted by atomic mass is 9.68. The average molecular weight is 230 g/mol. The number of hydrogen-bond donors (Lipinski definition) is 0. The molecule has 17 heavy (non-hydrogen) atoms. The number of aryl methyl sites for hydroxylation is 2. The standard InChI is InChI=1S/C17H26/c1-8-17(7)13(4)16(5,6)14-10-11(2)9-12(3)15(14)17/h9-10,13H,8H2,1-7H3/t13-,17-/m0/s1. The van der Waals surface area contributed by atoms with Crippen LogP contribution in [0.4, 0.5) is 0 Å². The van der Waals surface area contributed by atoms with Gasteiger partial charge in [0.15, 0.2) is 0 Å². The van der Waals surface area contributed by atoms with Crippen LogP contribution in [0.3, 0.4) is 0 Å². The topological polar surface area (TPSA) is 0 Å². The molecule has 0 radical (unpaired) electrons. The zero-order chi connectivity index (χ0) is 13.0. The molecule has 0 N–H and O–H groups in total. The summed E-state index contributed by atoms with van der Waals surface area (Å²) in [5.41, 5.74) is 6.76. The Morgan fingerprint density at radius 1 is 1.12 bits per heavy atom. The number of rotatable bonds is 1. The van der Waals surface area contributed by atoms with Gasteiger partial charge in [0.2, 0.25) is 0 Å². The second-order valence-corrected chi connectivity index (χ2v) is 6.72. The molecule has 0 saturated carbocycles. The van der Waals surface area contributed by atoms with Crippen molar-refractivity contribution in [1.82, 2.24) is 0 Å². The summed E-state index contributed by atoms with van der Waals surface area (Å²) in [7, 11) is 0. The van der Waals surface area contributed by atoms with Crippen LogP contribution in [0.15, 0.2) is 12.1 Å². The van der Waals surface area contributed by atoms with Crippen molar-refractivity contribution in [1.29, 1.82) is 0 Å². The first-order valence-electron chi connectivity index (χ1n) is 6.87. The molecule has 0 aliphatic heterocycles. The van der Waals surface area contributed by atoms with Gasteiger partial charge in [-0.05, 0) is 53.7 Å². The predicted octanol–water partition coefficient (Wildman–Crippen LogP) is 4.90. The van der Waals surface area contributed by atoms with E-state index in [2.05, 4.69) is 60.6 Å². The van der Waals surface area contributed by atoms with Crippen molar-refractivity contribution in [3.05, 3.63) is 34.4 Å². The van der Waals surface area contributed by atoms with E-state index in [1.165, 1.54) is 17.5 Å². The molecular weight excluding hydrogens is 204 g/mol. The highest BCUT2D eigenvalue weighted by atomic mass is 14.5. The van der Waals surface area contributed by atoms with Crippen LogP contribution in [0, 0.1) is 19.8 Å². The number of hydrogen-bond acceptors (Lipinski definition) is 0. The predicted molar refractivity (Wildman–Crippen MR) is 75.7 cm³/mol. The Labute approximate surface area is 106 Å². The lowest BCUT2D eigenvalue weighted by Gasteiger charge is -2.35. The molecule has 2 rings (SSSR count). The van der Waals surface area contributed by atoms with E-state index in [0.717, 1.165) is 0 Å². The maximum atomic E-state index is 2.45. The van der Waals surface area contributed by atoms with Crippen LogP contribution < -0.4 is 0 Å². The van der Waals surface area contributed by atoms with Crippen LogP contribution in [0.5, 0.6) is 0 Å². The maximum Gasteiger partial charge on any atom is -0.00384 e. The molecule has 1 aliphatic rings. The van der Waals surface area contributed by atoms with Crippen LogP contribution in [-0.2, 0) is 10.8 Å². The van der Waals surface area contributed by atoms with Gasteiger partial charge in [-0.2, -0.15) is 0 Å². The largest absolute Gasteiger partial charge is 0.0645 e. The minimum atomic E-state index is 0.302. The van der Waals surface area contributed by atoms with Crippen molar-refractivity contribution in [2.24, 2.45) is 5.92 Å². The molecule has 2 atom stereocenters. The van der Waals surface area contributed by atoms with Gasteiger partial charge in [-0.25, -0.2) is 0 Å². The van der Waals surface area contributed by atoms with Crippen molar-refractivity contribution in [2.75, 3.05) is 0 Å². The number of fused-ring (bicyclic) bond motifs is 1. The summed E-state index contributed by atoms with van der Waals surface area (Å²) in [5.74, 6) is 0.704. The third-order valence-corrected chi connectivity index (χ3v) is 5.52. The van der Waals surface area contributed by atoms with E-state index in [-0.39, 0.29) is 0 Å². The highest BCUT2D eigenvalue weighted by Gasteiger charge is 2.50. The van der Waals surface area contributed by atoms with Crippen LogP contribution in [-0.4, -0.2) is 0 Å². The van der Waals surface area contributed by atoms with Crippen LogP contribution in [0.2, 0.25) is 0 Å². The van der Waals surface area contributed by atoms with Crippen molar-refractivity contribution in [3.63, 3.8) is 0 Å². The molecule has 1 aromatic rings. The molecule has 0 aromatic heterocycles. The maximum absolute atomic E-state index is 2.45. The van der Waals surface area contributed by atoms with Gasteiger partial charge in [-0.3, -0.25) is 0 Å². The number of benzene rings is 1. The summed E-state index contributed by atoms with van der Waals surface area (Å²) in [6, 6.07) is 4.76. The van der Waals surface area contributed by atoms with Gasteiger partial charge in [0.1, 0.15) is 0 Å². The highest BCUT2D eigenvalue weighted by Crippen LogP contribution is 2.56. The lowest BCUT2D eigenvalue weighted by molar-refractivity contribution is 0.239. The van der Waals surface area contributed by atoms with Crippen LogP contribution in [0.25, 0.3) is 0 Å². The summed E-state index contributed by atoms with van der Waals surface area (Å²) in [6.45, 7) is 16.5. The SMILES string of the molecule is CC[C@]1(C)c2c(C)cc(C)cc2C(C)(C)[C@@H]1C. The third kappa shape index (κ3) is 1.49. The second kappa shape index (κ2) is 3.60. The summed E-state index contributed by atoms with van der Waals surface area (Å²) in [5, 5.41) is 0. The Bertz CT molecular complexity index is 453. The Morgan fingerprint density at radius 3 is 2.24 bits per heavy atom. The van der Waals surface area contributed by atoms with Crippen molar-refractivity contribution >= 4 is 0 Å². The monoisotopic (exact) mass is 230 g/mol. The molecule has 0 amide bonds. The van der Waals surface area contributed by atoms with Crippen molar-refractivity contribution < 1.29 is 0 Å². The molecule has 0 bridgehead atoms. The fraction of sp³-hybridized carbons (Fsp3) is 0.647. The van der Waals surface area contributed by atoms with Gasteiger partial charge in [0, 0.05) is 0 Å². The summed E-state index contributed by atoms with van der Waals surface area (Å²) in [6.07, 6.45) is 1.23. The Hall–Kier alpha value is -0.780. The van der Waals surface area contributed by atoms with E-state index in [9.17, 15) is 0 Å². The minimum Gasteiger partial charge on any atom is -0.0645 e. The van der Waals surface area contributed by atoms with Gasteiger partial charge in [0.25, 0.3) is 0 Å². The molecule has 0 heterocycles. The van der Waals surface area contributed by atoms with E-state index in [0.29, 0.717) is 16.7 Å². The smallest absolute Gasteiger partial charge is 0.00384 e. The first-order valence-corrected chi connectivity index (χ1v) is 6.87. The summed E-state index contributed by atoms with van der Waals surface area (Å²) >= 11 is 0. The van der Waals surface area contributed by atoms with Crippen molar-refractivity contribution in [3.8, 4) is 0 Å². The molecule has 0 nitrogen and oxygen atoms in total. The van der Waals surface area contributed by atoms with Gasteiger partial charge in [-0.15, -0.1) is 0 Å². The fourth-order valence-electron chi connectivity index (χ4n) is 3.96. The van der Waals surface area contributed by atoms with Gasteiger partial charge in [0.05, 0.1) is 0 Å². The lowest BCUT2D eigenvalue weighted by Crippen LogP contribution is -2.33. The summed E-state index contributed by atoms with van der Waals surface area (Å²) in [4.78, 5) is 0. The quantitative estimate of drug-likeness (QED) is 0.644. The molecule has 0 heteroatoms. The van der Waals surface area contributed by atoms with E-state index < -0.39 is 0 Å². The third-order valence-electron chi connectivity index (χ3n) is 5.52. The second-order valence-electron chi connectivity index (χ2n) is 6.72. The van der Waals surface area contributed by atoms with E-state index in [1.807, 2.05) is 0 Å². The zero-order valence-corrected chi connectivity index (χ0v) is 12.4. The Balaban J connectivity index is 2.79. The molecule has 1 aliphatic carbocycles. The normalized spacial score (nSPS) is 30.4. The Kier molecular flexibility index (Phi) is 2.69. The molecule has 0 spiro atoms. The van der Waals surface area contributed by atoms with Crippen molar-refractivity contribution in [2.45, 2.75) is 65.7 Å². The molecule has 0 fully saturated rings. The van der Waals surface area contributed by atoms with Crippen LogP contribution >= 0.6 is 0 Å². The average Bonchev–Trinajstić information content (AvgIpc) is 2.39. The molecule has 0 unspecified atom stereocenters. The zero-order valence-electron chi connectivity index (χ0n) is 12.4. The molecule has 1 aromatic carbocycles. The summed E-state index contributed by atoms with van der Waals surface area (Å²) < 4.78 is 0. The van der Waals surface area contributed by atoms with Crippen LogP contribution in [0.1, 0.15) is 63.3 Å². The van der Waals surface area contributed by atoms with Gasteiger partial charge < -0.3 is 0 Å². The molecular formula is C17H26. The van der Waals surface area contributed by atoms with Gasteiger partial charge >= 0.3 is 0 Å². The molecule has 94 valence electrons.